The first-order valence-electron chi connectivity index (χ1n) is 9.44. The molecule has 144 valence electrons. The number of hydrogen-bond acceptors (Lipinski definition) is 5. The third kappa shape index (κ3) is 4.71. The van der Waals surface area contributed by atoms with Crippen molar-refractivity contribution in [3.63, 3.8) is 0 Å². The highest BCUT2D eigenvalue weighted by molar-refractivity contribution is 5.66. The van der Waals surface area contributed by atoms with Gasteiger partial charge < -0.3 is 15.4 Å². The lowest BCUT2D eigenvalue weighted by atomic mass is 10.1. The minimum atomic E-state index is 0.542. The zero-order valence-electron chi connectivity index (χ0n) is 16.2. The number of ether oxygens (including phenoxy) is 1. The number of aromatic nitrogens is 2. The number of anilines is 3. The molecule has 0 fully saturated rings. The van der Waals surface area contributed by atoms with Crippen LogP contribution in [0.3, 0.4) is 0 Å². The van der Waals surface area contributed by atoms with E-state index in [1.165, 1.54) is 0 Å². The molecule has 29 heavy (non-hydrogen) atoms. The van der Waals surface area contributed by atoms with Gasteiger partial charge >= 0.3 is 0 Å². The Morgan fingerprint density at radius 1 is 0.793 bits per heavy atom. The molecular formula is C24H22N4O. The van der Waals surface area contributed by atoms with E-state index in [1.54, 1.807) is 7.11 Å². The van der Waals surface area contributed by atoms with Gasteiger partial charge in [-0.15, -0.1) is 0 Å². The fourth-order valence-electron chi connectivity index (χ4n) is 3.04. The number of hydrogen-bond donors (Lipinski definition) is 2. The van der Waals surface area contributed by atoms with Crippen LogP contribution in [0.25, 0.3) is 11.3 Å². The maximum absolute atomic E-state index is 5.44. The van der Waals surface area contributed by atoms with Crippen LogP contribution in [0.4, 0.5) is 17.5 Å². The van der Waals surface area contributed by atoms with Gasteiger partial charge in [0.1, 0.15) is 11.6 Å². The summed E-state index contributed by atoms with van der Waals surface area (Å²) in [5, 5.41) is 6.69. The van der Waals surface area contributed by atoms with Crippen molar-refractivity contribution < 1.29 is 4.74 Å². The van der Waals surface area contributed by atoms with Crippen molar-refractivity contribution in [1.82, 2.24) is 9.97 Å². The van der Waals surface area contributed by atoms with Crippen LogP contribution in [0.1, 0.15) is 5.56 Å². The molecule has 0 bridgehead atoms. The number of nitrogens with one attached hydrogen (secondary N) is 2. The second-order valence-corrected chi connectivity index (χ2v) is 6.48. The average Bonchev–Trinajstić information content (AvgIpc) is 2.79. The van der Waals surface area contributed by atoms with Crippen molar-refractivity contribution in [3.05, 3.63) is 96.6 Å². The lowest BCUT2D eigenvalue weighted by Crippen LogP contribution is -2.06. The first-order chi connectivity index (χ1) is 14.3. The highest BCUT2D eigenvalue weighted by Gasteiger charge is 2.08. The lowest BCUT2D eigenvalue weighted by Gasteiger charge is -2.13. The molecule has 0 radical (unpaired) electrons. The fourth-order valence-corrected chi connectivity index (χ4v) is 3.04. The van der Waals surface area contributed by atoms with E-state index >= 15 is 0 Å². The molecule has 0 aliphatic heterocycles. The largest absolute Gasteiger partial charge is 0.496 e. The van der Waals surface area contributed by atoms with Crippen molar-refractivity contribution in [1.29, 1.82) is 0 Å². The van der Waals surface area contributed by atoms with Crippen LogP contribution >= 0.6 is 0 Å². The second kappa shape index (κ2) is 8.89. The molecule has 2 N–H and O–H groups in total. The van der Waals surface area contributed by atoms with E-state index < -0.39 is 0 Å². The maximum Gasteiger partial charge on any atom is 0.229 e. The molecule has 5 heteroatoms. The minimum Gasteiger partial charge on any atom is -0.496 e. The Hall–Kier alpha value is -3.86. The predicted molar refractivity (Wildman–Crippen MR) is 118 cm³/mol. The highest BCUT2D eigenvalue weighted by Crippen LogP contribution is 2.24. The van der Waals surface area contributed by atoms with Gasteiger partial charge in [-0.2, -0.15) is 4.98 Å². The van der Waals surface area contributed by atoms with Crippen molar-refractivity contribution >= 4 is 17.5 Å². The summed E-state index contributed by atoms with van der Waals surface area (Å²) in [6.07, 6.45) is 0. The zero-order chi connectivity index (χ0) is 19.9. The summed E-state index contributed by atoms with van der Waals surface area (Å²) >= 11 is 0. The van der Waals surface area contributed by atoms with Gasteiger partial charge in [0.2, 0.25) is 5.95 Å². The van der Waals surface area contributed by atoms with Gasteiger partial charge in [-0.25, -0.2) is 4.98 Å². The fraction of sp³-hybridized carbons (Fsp3) is 0.0833. The van der Waals surface area contributed by atoms with E-state index in [9.17, 15) is 0 Å². The molecule has 0 aliphatic carbocycles. The summed E-state index contributed by atoms with van der Waals surface area (Å²) in [6, 6.07) is 29.9. The van der Waals surface area contributed by atoms with E-state index in [4.69, 9.17) is 9.72 Å². The topological polar surface area (TPSA) is 59.1 Å². The number of nitrogens with zero attached hydrogens (tertiary/aromatic N) is 2. The Morgan fingerprint density at radius 2 is 1.48 bits per heavy atom. The smallest absolute Gasteiger partial charge is 0.229 e. The average molecular weight is 382 g/mol. The molecule has 4 aromatic rings. The molecule has 4 rings (SSSR count). The van der Waals surface area contributed by atoms with Gasteiger partial charge in [-0.3, -0.25) is 0 Å². The minimum absolute atomic E-state index is 0.542. The van der Waals surface area contributed by atoms with Crippen LogP contribution in [-0.4, -0.2) is 17.1 Å². The first-order valence-corrected chi connectivity index (χ1v) is 9.44. The quantitative estimate of drug-likeness (QED) is 0.441. The van der Waals surface area contributed by atoms with E-state index in [-0.39, 0.29) is 0 Å². The Labute approximate surface area is 170 Å². The highest BCUT2D eigenvalue weighted by atomic mass is 16.5. The third-order valence-electron chi connectivity index (χ3n) is 4.48. The van der Waals surface area contributed by atoms with Crippen LogP contribution in [0, 0.1) is 0 Å². The molecular weight excluding hydrogens is 360 g/mol. The molecule has 0 saturated heterocycles. The summed E-state index contributed by atoms with van der Waals surface area (Å²) in [6.45, 7) is 0.597. The van der Waals surface area contributed by atoms with Crippen LogP contribution in [0.2, 0.25) is 0 Å². The monoisotopic (exact) mass is 382 g/mol. The van der Waals surface area contributed by atoms with Crippen LogP contribution < -0.4 is 15.4 Å². The molecule has 0 aliphatic rings. The van der Waals surface area contributed by atoms with E-state index in [0.29, 0.717) is 12.5 Å². The first kappa shape index (κ1) is 18.5. The molecule has 5 nitrogen and oxygen atoms in total. The lowest BCUT2D eigenvalue weighted by molar-refractivity contribution is 0.410. The predicted octanol–water partition coefficient (Wildman–Crippen LogP) is 5.51. The molecule has 0 atom stereocenters. The summed E-state index contributed by atoms with van der Waals surface area (Å²) in [5.74, 6) is 2.13. The Bertz CT molecular complexity index is 1070. The molecule has 1 heterocycles. The third-order valence-corrected chi connectivity index (χ3v) is 4.48. The van der Waals surface area contributed by atoms with Crippen molar-refractivity contribution in [2.75, 3.05) is 17.7 Å². The second-order valence-electron chi connectivity index (χ2n) is 6.48. The van der Waals surface area contributed by atoms with E-state index in [0.717, 1.165) is 34.1 Å². The van der Waals surface area contributed by atoms with Gasteiger partial charge in [0.25, 0.3) is 0 Å². The van der Waals surface area contributed by atoms with Gasteiger partial charge in [-0.1, -0.05) is 66.7 Å². The maximum atomic E-state index is 5.44. The van der Waals surface area contributed by atoms with Gasteiger partial charge in [0, 0.05) is 29.4 Å². The molecule has 0 unspecified atom stereocenters. The van der Waals surface area contributed by atoms with Crippen molar-refractivity contribution in [2.24, 2.45) is 0 Å². The Balaban J connectivity index is 1.64. The number of benzene rings is 3. The Morgan fingerprint density at radius 3 is 2.24 bits per heavy atom. The summed E-state index contributed by atoms with van der Waals surface area (Å²) in [7, 11) is 1.68. The summed E-state index contributed by atoms with van der Waals surface area (Å²) < 4.78 is 5.44. The molecule has 3 aromatic carbocycles. The normalized spacial score (nSPS) is 10.4. The van der Waals surface area contributed by atoms with Gasteiger partial charge in [-0.05, 0) is 18.2 Å². The Kier molecular flexibility index (Phi) is 5.67. The molecule has 1 aromatic heterocycles. The van der Waals surface area contributed by atoms with Crippen molar-refractivity contribution in [2.45, 2.75) is 6.54 Å². The van der Waals surface area contributed by atoms with Crippen molar-refractivity contribution in [3.8, 4) is 17.0 Å². The molecule has 0 saturated carbocycles. The van der Waals surface area contributed by atoms with E-state index in [2.05, 4.69) is 15.6 Å². The standard InChI is InChI=1S/C24H22N4O/c1-29-22-15-9-8-12-19(22)17-25-23-16-21(18-10-4-2-5-11-18)27-24(28-23)26-20-13-6-3-7-14-20/h2-16H,17H2,1H3,(H2,25,26,27,28). The van der Waals surface area contributed by atoms with Crippen LogP contribution in [0.5, 0.6) is 5.75 Å². The number of rotatable bonds is 7. The summed E-state index contributed by atoms with van der Waals surface area (Å²) in [5.41, 5.74) is 3.88. The van der Waals surface area contributed by atoms with Gasteiger partial charge in [0.05, 0.1) is 12.8 Å². The van der Waals surface area contributed by atoms with Crippen LogP contribution in [-0.2, 0) is 6.54 Å². The summed E-state index contributed by atoms with van der Waals surface area (Å²) in [4.78, 5) is 9.35. The number of methoxy groups -OCH3 is 1. The number of para-hydroxylation sites is 2. The zero-order valence-corrected chi connectivity index (χ0v) is 16.2. The SMILES string of the molecule is COc1ccccc1CNc1cc(-c2ccccc2)nc(Nc2ccccc2)n1. The molecule has 0 amide bonds. The van der Waals surface area contributed by atoms with E-state index in [1.807, 2.05) is 91.0 Å². The molecule has 0 spiro atoms. The van der Waals surface area contributed by atoms with Gasteiger partial charge in [0.15, 0.2) is 0 Å². The van der Waals surface area contributed by atoms with Crippen LogP contribution in [0.15, 0.2) is 91.0 Å².